The van der Waals surface area contributed by atoms with Crippen LogP contribution in [0.4, 0.5) is 9.59 Å². The highest BCUT2D eigenvalue weighted by Gasteiger charge is 2.36. The Morgan fingerprint density at radius 2 is 1.75 bits per heavy atom. The van der Waals surface area contributed by atoms with Crippen LogP contribution in [0.3, 0.4) is 0 Å². The van der Waals surface area contributed by atoms with Crippen LogP contribution in [0.15, 0.2) is 0 Å². The number of likely N-dealkylation sites (tertiary alicyclic amines) is 1. The third-order valence-electron chi connectivity index (χ3n) is 3.35. The molecule has 1 rings (SSSR count). The third-order valence-corrected chi connectivity index (χ3v) is 3.35. The molecule has 0 bridgehead atoms. The first-order valence-electron chi connectivity index (χ1n) is 8.27. The Bertz CT molecular complexity index is 499. The molecular weight excluding hydrogens is 310 g/mol. The highest BCUT2D eigenvalue weighted by molar-refractivity contribution is 5.70. The molecule has 1 aliphatic heterocycles. The molecule has 0 radical (unpaired) electrons. The number of rotatable bonds is 3. The standard InChI is InChI=1S/C17H29N3O4/c1-16(2,3)23-14(21)19-11-8-13(12-19)20(10-7-9-18)15(22)24-17(4,5)6/h13H,7-8,10-12H2,1-6H3. The van der Waals surface area contributed by atoms with Gasteiger partial charge in [-0.05, 0) is 48.0 Å². The van der Waals surface area contributed by atoms with Gasteiger partial charge in [-0.2, -0.15) is 5.26 Å². The van der Waals surface area contributed by atoms with E-state index in [9.17, 15) is 9.59 Å². The zero-order valence-electron chi connectivity index (χ0n) is 15.6. The van der Waals surface area contributed by atoms with Crippen LogP contribution in [0, 0.1) is 11.3 Å². The van der Waals surface area contributed by atoms with Gasteiger partial charge in [-0.1, -0.05) is 0 Å². The summed E-state index contributed by atoms with van der Waals surface area (Å²) < 4.78 is 10.8. The highest BCUT2D eigenvalue weighted by Crippen LogP contribution is 2.21. The molecule has 1 unspecified atom stereocenters. The van der Waals surface area contributed by atoms with E-state index in [2.05, 4.69) is 0 Å². The molecule has 2 amide bonds. The lowest BCUT2D eigenvalue weighted by atomic mass is 10.2. The number of nitrogens with zero attached hydrogens (tertiary/aromatic N) is 3. The zero-order chi connectivity index (χ0) is 18.5. The number of carbonyl (C=O) groups is 2. The van der Waals surface area contributed by atoms with Crippen LogP contribution in [0.25, 0.3) is 0 Å². The number of carbonyl (C=O) groups excluding carboxylic acids is 2. The van der Waals surface area contributed by atoms with Gasteiger partial charge < -0.3 is 19.3 Å². The Hall–Kier alpha value is -1.97. The summed E-state index contributed by atoms with van der Waals surface area (Å²) in [5.74, 6) is 0. The van der Waals surface area contributed by atoms with Crippen molar-refractivity contribution in [2.45, 2.75) is 71.6 Å². The van der Waals surface area contributed by atoms with Crippen LogP contribution in [0.2, 0.25) is 0 Å². The Balaban J connectivity index is 2.74. The molecule has 1 aliphatic rings. The van der Waals surface area contributed by atoms with E-state index >= 15 is 0 Å². The molecule has 0 spiro atoms. The Kier molecular flexibility index (Phi) is 6.47. The summed E-state index contributed by atoms with van der Waals surface area (Å²) in [4.78, 5) is 27.7. The summed E-state index contributed by atoms with van der Waals surface area (Å²) in [5.41, 5.74) is -1.16. The van der Waals surface area contributed by atoms with Crippen molar-refractivity contribution in [3.63, 3.8) is 0 Å². The number of hydrogen-bond donors (Lipinski definition) is 0. The van der Waals surface area contributed by atoms with Gasteiger partial charge in [0, 0.05) is 19.6 Å². The summed E-state index contributed by atoms with van der Waals surface area (Å²) >= 11 is 0. The van der Waals surface area contributed by atoms with E-state index in [1.165, 1.54) is 0 Å². The fourth-order valence-corrected chi connectivity index (χ4v) is 2.40. The molecule has 0 aromatic carbocycles. The molecule has 24 heavy (non-hydrogen) atoms. The molecule has 1 heterocycles. The molecule has 0 aromatic rings. The Morgan fingerprint density at radius 3 is 2.25 bits per heavy atom. The first-order chi connectivity index (χ1) is 10.9. The quantitative estimate of drug-likeness (QED) is 0.789. The summed E-state index contributed by atoms with van der Waals surface area (Å²) in [6.45, 7) is 12.1. The number of ether oxygens (including phenoxy) is 2. The number of nitriles is 1. The van der Waals surface area contributed by atoms with Crippen molar-refractivity contribution < 1.29 is 19.1 Å². The van der Waals surface area contributed by atoms with E-state index in [1.807, 2.05) is 26.8 Å². The van der Waals surface area contributed by atoms with E-state index in [-0.39, 0.29) is 25.1 Å². The molecule has 0 aromatic heterocycles. The zero-order valence-corrected chi connectivity index (χ0v) is 15.6. The maximum atomic E-state index is 12.4. The van der Waals surface area contributed by atoms with Crippen molar-refractivity contribution in [3.8, 4) is 6.07 Å². The van der Waals surface area contributed by atoms with Gasteiger partial charge in [-0.25, -0.2) is 9.59 Å². The minimum atomic E-state index is -0.606. The predicted molar refractivity (Wildman–Crippen MR) is 89.4 cm³/mol. The molecule has 0 N–H and O–H groups in total. The summed E-state index contributed by atoms with van der Waals surface area (Å²) in [6, 6.07) is 1.88. The van der Waals surface area contributed by atoms with Crippen LogP contribution in [-0.2, 0) is 9.47 Å². The lowest BCUT2D eigenvalue weighted by molar-refractivity contribution is 0.0135. The van der Waals surface area contributed by atoms with E-state index in [0.29, 0.717) is 19.5 Å². The van der Waals surface area contributed by atoms with Crippen molar-refractivity contribution in [1.29, 1.82) is 5.26 Å². The van der Waals surface area contributed by atoms with Crippen LogP contribution in [0.1, 0.15) is 54.4 Å². The molecule has 136 valence electrons. The first-order valence-corrected chi connectivity index (χ1v) is 8.27. The summed E-state index contributed by atoms with van der Waals surface area (Å²) in [5, 5.41) is 8.83. The van der Waals surface area contributed by atoms with Gasteiger partial charge >= 0.3 is 12.2 Å². The molecule has 0 aliphatic carbocycles. The Labute approximate surface area is 144 Å². The van der Waals surface area contributed by atoms with Gasteiger partial charge in [-0.3, -0.25) is 0 Å². The van der Waals surface area contributed by atoms with Crippen LogP contribution < -0.4 is 0 Å². The average molecular weight is 339 g/mol. The SMILES string of the molecule is CC(C)(C)OC(=O)N1CCC(N(CCC#N)C(=O)OC(C)(C)C)C1. The van der Waals surface area contributed by atoms with E-state index in [4.69, 9.17) is 14.7 Å². The van der Waals surface area contributed by atoms with Crippen molar-refractivity contribution in [2.24, 2.45) is 0 Å². The minimum absolute atomic E-state index is 0.166. The molecule has 1 fully saturated rings. The first kappa shape index (κ1) is 20.1. The van der Waals surface area contributed by atoms with Crippen molar-refractivity contribution in [2.75, 3.05) is 19.6 Å². The van der Waals surface area contributed by atoms with Crippen LogP contribution in [-0.4, -0.2) is 58.9 Å². The van der Waals surface area contributed by atoms with E-state index in [0.717, 1.165) is 0 Å². The fraction of sp³-hybridized carbons (Fsp3) is 0.824. The highest BCUT2D eigenvalue weighted by atomic mass is 16.6. The fourth-order valence-electron chi connectivity index (χ4n) is 2.40. The maximum Gasteiger partial charge on any atom is 0.410 e. The third kappa shape index (κ3) is 6.65. The molecule has 0 saturated carbocycles. The summed E-state index contributed by atoms with van der Waals surface area (Å²) in [7, 11) is 0. The second kappa shape index (κ2) is 7.73. The van der Waals surface area contributed by atoms with Gasteiger partial charge in [-0.15, -0.1) is 0 Å². The molecule has 1 atom stereocenters. The normalized spacial score (nSPS) is 18.0. The largest absolute Gasteiger partial charge is 0.444 e. The molecule has 1 saturated heterocycles. The molecule has 7 nitrogen and oxygen atoms in total. The van der Waals surface area contributed by atoms with Crippen molar-refractivity contribution in [1.82, 2.24) is 9.80 Å². The Morgan fingerprint density at radius 1 is 1.17 bits per heavy atom. The smallest absolute Gasteiger partial charge is 0.410 e. The van der Waals surface area contributed by atoms with E-state index in [1.54, 1.807) is 30.6 Å². The summed E-state index contributed by atoms with van der Waals surface area (Å²) in [6.07, 6.45) is 0.0368. The van der Waals surface area contributed by atoms with Gasteiger partial charge in [0.1, 0.15) is 11.2 Å². The monoisotopic (exact) mass is 339 g/mol. The van der Waals surface area contributed by atoms with Gasteiger partial charge in [0.2, 0.25) is 0 Å². The maximum absolute atomic E-state index is 12.4. The van der Waals surface area contributed by atoms with Crippen molar-refractivity contribution >= 4 is 12.2 Å². The van der Waals surface area contributed by atoms with Gasteiger partial charge in [0.05, 0.1) is 18.5 Å². The van der Waals surface area contributed by atoms with Crippen LogP contribution >= 0.6 is 0 Å². The number of amides is 2. The number of hydrogen-bond acceptors (Lipinski definition) is 5. The molecular formula is C17H29N3O4. The lowest BCUT2D eigenvalue weighted by Gasteiger charge is -2.31. The lowest BCUT2D eigenvalue weighted by Crippen LogP contribution is -2.46. The van der Waals surface area contributed by atoms with Crippen molar-refractivity contribution in [3.05, 3.63) is 0 Å². The van der Waals surface area contributed by atoms with Crippen LogP contribution in [0.5, 0.6) is 0 Å². The second-order valence-corrected chi connectivity index (χ2v) is 7.95. The predicted octanol–water partition coefficient (Wildman–Crippen LogP) is 3.15. The molecule has 7 heteroatoms. The second-order valence-electron chi connectivity index (χ2n) is 7.95. The minimum Gasteiger partial charge on any atom is -0.444 e. The average Bonchev–Trinajstić information content (AvgIpc) is 2.84. The topological polar surface area (TPSA) is 82.9 Å². The van der Waals surface area contributed by atoms with Gasteiger partial charge in [0.25, 0.3) is 0 Å². The van der Waals surface area contributed by atoms with E-state index < -0.39 is 17.3 Å². The van der Waals surface area contributed by atoms with Gasteiger partial charge in [0.15, 0.2) is 0 Å².